The number of carbonyl (C=O) groups excluding carboxylic acids is 3. The summed E-state index contributed by atoms with van der Waals surface area (Å²) in [6.07, 6.45) is 2.75. The smallest absolute Gasteiger partial charge is 0.341 e. The van der Waals surface area contributed by atoms with Crippen LogP contribution in [0.4, 0.5) is 5.00 Å². The molecule has 2 aromatic heterocycles. The van der Waals surface area contributed by atoms with Crippen LogP contribution in [0.1, 0.15) is 43.8 Å². The molecule has 3 heterocycles. The molecule has 1 aliphatic carbocycles. The van der Waals surface area contributed by atoms with Gasteiger partial charge in [0.25, 0.3) is 5.91 Å². The first-order valence-electron chi connectivity index (χ1n) is 12.2. The Labute approximate surface area is 233 Å². The monoisotopic (exact) mass is 579 g/mol. The standard InChI is InChI=1S/C26H27Cl2N3O4S2/c1-14-3-5-16-18(11-14)37-24(21(16)26(34)35-2)29-20(32)13-30-7-9-31(10-8-30)25(33)23-22(28)17-6-4-15(27)12-19(17)36-23/h4,6,12,14H,3,5,7-11,13H2,1-2H3,(H,29,32). The summed E-state index contributed by atoms with van der Waals surface area (Å²) in [4.78, 5) is 44.1. The van der Waals surface area contributed by atoms with Crippen LogP contribution in [0.15, 0.2) is 18.2 Å². The van der Waals surface area contributed by atoms with Gasteiger partial charge >= 0.3 is 5.97 Å². The van der Waals surface area contributed by atoms with Crippen LogP contribution in [0.5, 0.6) is 0 Å². The maximum atomic E-state index is 13.2. The molecule has 0 radical (unpaired) electrons. The van der Waals surface area contributed by atoms with Crippen LogP contribution in [0.2, 0.25) is 10.0 Å². The van der Waals surface area contributed by atoms with Gasteiger partial charge in [0.2, 0.25) is 5.91 Å². The molecule has 3 aromatic rings. The molecule has 1 saturated heterocycles. The van der Waals surface area contributed by atoms with Crippen LogP contribution >= 0.6 is 45.9 Å². The summed E-state index contributed by atoms with van der Waals surface area (Å²) in [6, 6.07) is 5.41. The second-order valence-corrected chi connectivity index (χ2v) is 12.5. The molecule has 1 N–H and O–H groups in total. The van der Waals surface area contributed by atoms with Crippen molar-refractivity contribution in [3.05, 3.63) is 49.1 Å². The van der Waals surface area contributed by atoms with E-state index < -0.39 is 5.97 Å². The van der Waals surface area contributed by atoms with E-state index in [0.29, 0.717) is 57.6 Å². The van der Waals surface area contributed by atoms with E-state index >= 15 is 0 Å². The lowest BCUT2D eigenvalue weighted by atomic mass is 9.88. The minimum Gasteiger partial charge on any atom is -0.465 e. The molecule has 1 fully saturated rings. The van der Waals surface area contributed by atoms with Gasteiger partial charge in [-0.25, -0.2) is 4.79 Å². The number of fused-ring (bicyclic) bond motifs is 2. The number of nitrogens with one attached hydrogen (secondary N) is 1. The highest BCUT2D eigenvalue weighted by Gasteiger charge is 2.30. The summed E-state index contributed by atoms with van der Waals surface area (Å²) in [5, 5.41) is 5.42. The van der Waals surface area contributed by atoms with Crippen LogP contribution in [-0.4, -0.2) is 67.4 Å². The Morgan fingerprint density at radius 2 is 1.89 bits per heavy atom. The molecule has 1 aliphatic heterocycles. The Hall–Kier alpha value is -2.17. The maximum absolute atomic E-state index is 13.2. The average Bonchev–Trinajstić information content (AvgIpc) is 3.39. The largest absolute Gasteiger partial charge is 0.465 e. The Morgan fingerprint density at radius 1 is 1.14 bits per heavy atom. The highest BCUT2D eigenvalue weighted by atomic mass is 35.5. The molecule has 7 nitrogen and oxygen atoms in total. The molecule has 0 spiro atoms. The lowest BCUT2D eigenvalue weighted by molar-refractivity contribution is -0.117. The Balaban J connectivity index is 1.21. The van der Waals surface area contributed by atoms with Gasteiger partial charge in [-0.1, -0.05) is 36.2 Å². The number of anilines is 1. The van der Waals surface area contributed by atoms with Crippen LogP contribution in [-0.2, 0) is 22.4 Å². The average molecular weight is 581 g/mol. The van der Waals surface area contributed by atoms with Crippen molar-refractivity contribution in [1.82, 2.24) is 9.80 Å². The lowest BCUT2D eigenvalue weighted by Gasteiger charge is -2.34. The van der Waals surface area contributed by atoms with Gasteiger partial charge in [-0.15, -0.1) is 22.7 Å². The van der Waals surface area contributed by atoms with E-state index in [9.17, 15) is 14.4 Å². The van der Waals surface area contributed by atoms with Crippen molar-refractivity contribution in [2.75, 3.05) is 45.2 Å². The van der Waals surface area contributed by atoms with Gasteiger partial charge in [0.1, 0.15) is 9.88 Å². The molecule has 11 heteroatoms. The zero-order valence-electron chi connectivity index (χ0n) is 20.6. The number of esters is 1. The molecular weight excluding hydrogens is 553 g/mol. The minimum absolute atomic E-state index is 0.104. The van der Waals surface area contributed by atoms with Crippen molar-refractivity contribution in [3.8, 4) is 0 Å². The zero-order valence-corrected chi connectivity index (χ0v) is 23.7. The van der Waals surface area contributed by atoms with Crippen molar-refractivity contribution in [1.29, 1.82) is 0 Å². The third-order valence-corrected chi connectivity index (χ3v) is 10.0. The molecule has 5 rings (SSSR count). The highest BCUT2D eigenvalue weighted by Crippen LogP contribution is 2.40. The summed E-state index contributed by atoms with van der Waals surface area (Å²) in [5.41, 5.74) is 1.51. The molecule has 37 heavy (non-hydrogen) atoms. The first-order valence-corrected chi connectivity index (χ1v) is 14.6. The van der Waals surface area contributed by atoms with Crippen molar-refractivity contribution in [3.63, 3.8) is 0 Å². The molecule has 1 aromatic carbocycles. The fraction of sp³-hybridized carbons (Fsp3) is 0.423. The van der Waals surface area contributed by atoms with E-state index in [0.717, 1.165) is 39.8 Å². The molecule has 0 bridgehead atoms. The Morgan fingerprint density at radius 3 is 2.62 bits per heavy atom. The summed E-state index contributed by atoms with van der Waals surface area (Å²) in [6.45, 7) is 4.51. The number of amides is 2. The fourth-order valence-electron chi connectivity index (χ4n) is 4.96. The van der Waals surface area contributed by atoms with Gasteiger partial charge in [-0.05, 0) is 42.9 Å². The van der Waals surface area contributed by atoms with Gasteiger partial charge in [-0.3, -0.25) is 14.5 Å². The Bertz CT molecular complexity index is 1380. The van der Waals surface area contributed by atoms with Gasteiger partial charge in [-0.2, -0.15) is 0 Å². The zero-order chi connectivity index (χ0) is 26.3. The third-order valence-electron chi connectivity index (χ3n) is 6.97. The number of hydrogen-bond acceptors (Lipinski definition) is 7. The van der Waals surface area contributed by atoms with E-state index in [1.165, 1.54) is 29.8 Å². The molecule has 0 saturated carbocycles. The lowest BCUT2D eigenvalue weighted by Crippen LogP contribution is -2.50. The normalized spacial score (nSPS) is 18.1. The van der Waals surface area contributed by atoms with Gasteiger partial charge in [0.15, 0.2) is 0 Å². The first kappa shape index (κ1) is 26.4. The van der Waals surface area contributed by atoms with Crippen molar-refractivity contribution >= 4 is 78.7 Å². The highest BCUT2D eigenvalue weighted by molar-refractivity contribution is 7.21. The predicted octanol–water partition coefficient (Wildman–Crippen LogP) is 5.58. The van der Waals surface area contributed by atoms with Crippen LogP contribution in [0, 0.1) is 5.92 Å². The Kier molecular flexibility index (Phi) is 7.79. The number of methoxy groups -OCH3 is 1. The number of ether oxygens (including phenoxy) is 1. The summed E-state index contributed by atoms with van der Waals surface area (Å²) in [7, 11) is 1.37. The van der Waals surface area contributed by atoms with Gasteiger partial charge in [0, 0.05) is 46.2 Å². The summed E-state index contributed by atoms with van der Waals surface area (Å²) >= 11 is 15.4. The number of carbonyl (C=O) groups is 3. The number of nitrogens with zero attached hydrogens (tertiary/aromatic N) is 2. The number of halogens is 2. The fourth-order valence-corrected chi connectivity index (χ4v) is 8.13. The van der Waals surface area contributed by atoms with E-state index in [1.807, 2.05) is 17.0 Å². The minimum atomic E-state index is -0.406. The number of piperazine rings is 1. The molecule has 196 valence electrons. The second-order valence-electron chi connectivity index (χ2n) is 9.55. The topological polar surface area (TPSA) is 79.0 Å². The number of thiophene rings is 2. The molecule has 2 aliphatic rings. The van der Waals surface area contributed by atoms with E-state index in [4.69, 9.17) is 27.9 Å². The van der Waals surface area contributed by atoms with E-state index in [1.54, 1.807) is 11.0 Å². The molecular formula is C26H27Cl2N3O4S2. The maximum Gasteiger partial charge on any atom is 0.341 e. The summed E-state index contributed by atoms with van der Waals surface area (Å²) in [5.74, 6) is -0.135. The van der Waals surface area contributed by atoms with Crippen molar-refractivity contribution in [2.45, 2.75) is 26.2 Å². The first-order chi connectivity index (χ1) is 17.7. The van der Waals surface area contributed by atoms with Crippen molar-refractivity contribution in [2.24, 2.45) is 5.92 Å². The SMILES string of the molecule is COC(=O)c1c(NC(=O)CN2CCN(C(=O)c3sc4cc(Cl)ccc4c3Cl)CC2)sc2c1CCC(C)C2. The number of hydrogen-bond donors (Lipinski definition) is 1. The van der Waals surface area contributed by atoms with Gasteiger partial charge < -0.3 is 15.0 Å². The number of rotatable bonds is 5. The second kappa shape index (κ2) is 10.9. The van der Waals surface area contributed by atoms with Crippen LogP contribution in [0.25, 0.3) is 10.1 Å². The predicted molar refractivity (Wildman–Crippen MR) is 150 cm³/mol. The molecule has 1 unspecified atom stereocenters. The third kappa shape index (κ3) is 5.38. The van der Waals surface area contributed by atoms with Crippen molar-refractivity contribution < 1.29 is 19.1 Å². The van der Waals surface area contributed by atoms with E-state index in [2.05, 4.69) is 12.2 Å². The van der Waals surface area contributed by atoms with E-state index in [-0.39, 0.29) is 18.4 Å². The number of benzene rings is 1. The molecule has 2 amide bonds. The molecule has 1 atom stereocenters. The van der Waals surface area contributed by atoms with Crippen LogP contribution in [0.3, 0.4) is 0 Å². The summed E-state index contributed by atoms with van der Waals surface area (Å²) < 4.78 is 5.90. The quantitative estimate of drug-likeness (QED) is 0.399. The van der Waals surface area contributed by atoms with Gasteiger partial charge in [0.05, 0.1) is 24.2 Å². The van der Waals surface area contributed by atoms with Crippen LogP contribution < -0.4 is 5.32 Å².